The summed E-state index contributed by atoms with van der Waals surface area (Å²) < 4.78 is 0. The van der Waals surface area contributed by atoms with Gasteiger partial charge in [0.15, 0.2) is 11.5 Å². The molecule has 9 heteroatoms. The average molecular weight is 447 g/mol. The van der Waals surface area contributed by atoms with Crippen LogP contribution in [0.4, 0.5) is 4.79 Å². The molecule has 0 bridgehead atoms. The average Bonchev–Trinajstić information content (AvgIpc) is 2.97. The lowest BCUT2D eigenvalue weighted by Gasteiger charge is -2.12. The Kier molecular flexibility index (Phi) is 7.02. The van der Waals surface area contributed by atoms with Crippen LogP contribution in [0.1, 0.15) is 17.5 Å². The van der Waals surface area contributed by atoms with Crippen LogP contribution in [0.5, 0.6) is 11.5 Å². The van der Waals surface area contributed by atoms with Crippen LogP contribution in [-0.2, 0) is 16.0 Å². The van der Waals surface area contributed by atoms with E-state index in [-0.39, 0.29) is 35.3 Å². The fraction of sp³-hybridized carbons (Fsp3) is 0.190. The molecule has 1 aliphatic heterocycles. The van der Waals surface area contributed by atoms with E-state index in [9.17, 15) is 24.6 Å². The maximum atomic E-state index is 12.5. The predicted molar refractivity (Wildman–Crippen MR) is 115 cm³/mol. The lowest BCUT2D eigenvalue weighted by molar-refractivity contribution is -0.124. The van der Waals surface area contributed by atoms with Crippen molar-refractivity contribution in [2.75, 3.05) is 13.1 Å². The smallest absolute Gasteiger partial charge is 0.293 e. The van der Waals surface area contributed by atoms with Crippen molar-refractivity contribution < 1.29 is 24.6 Å². The minimum Gasteiger partial charge on any atom is -0.504 e. The highest BCUT2D eigenvalue weighted by Gasteiger charge is 2.35. The summed E-state index contributed by atoms with van der Waals surface area (Å²) in [6.45, 7) is 0.299. The van der Waals surface area contributed by atoms with Crippen LogP contribution in [0, 0.1) is 0 Å². The number of carbonyl (C=O) groups is 3. The molecule has 2 aromatic rings. The van der Waals surface area contributed by atoms with Gasteiger partial charge in [-0.1, -0.05) is 35.9 Å². The number of nitrogens with zero attached hydrogens (tertiary/aromatic N) is 1. The van der Waals surface area contributed by atoms with Crippen molar-refractivity contribution in [2.24, 2.45) is 0 Å². The number of nitrogens with one attached hydrogen (secondary N) is 1. The highest BCUT2D eigenvalue weighted by Crippen LogP contribution is 2.33. The van der Waals surface area contributed by atoms with Crippen LogP contribution in [0.25, 0.3) is 6.08 Å². The molecule has 0 atom stereocenters. The first-order valence-electron chi connectivity index (χ1n) is 9.12. The van der Waals surface area contributed by atoms with Crippen molar-refractivity contribution in [3.63, 3.8) is 0 Å². The predicted octanol–water partition coefficient (Wildman–Crippen LogP) is 3.54. The third-order valence-electron chi connectivity index (χ3n) is 4.40. The number of benzene rings is 2. The minimum absolute atomic E-state index is 0.0156. The Morgan fingerprint density at radius 2 is 1.90 bits per heavy atom. The quantitative estimate of drug-likeness (QED) is 0.443. The van der Waals surface area contributed by atoms with Gasteiger partial charge in [-0.15, -0.1) is 0 Å². The van der Waals surface area contributed by atoms with Crippen LogP contribution >= 0.6 is 23.4 Å². The normalized spacial score (nSPS) is 15.1. The second kappa shape index (κ2) is 9.69. The van der Waals surface area contributed by atoms with Gasteiger partial charge < -0.3 is 15.5 Å². The molecule has 1 aliphatic rings. The van der Waals surface area contributed by atoms with Gasteiger partial charge in [-0.25, -0.2) is 0 Å². The van der Waals surface area contributed by atoms with Gasteiger partial charge in [-0.3, -0.25) is 19.3 Å². The van der Waals surface area contributed by atoms with E-state index < -0.39 is 11.1 Å². The third-order valence-corrected chi connectivity index (χ3v) is 5.66. The highest BCUT2D eigenvalue weighted by molar-refractivity contribution is 8.18. The summed E-state index contributed by atoms with van der Waals surface area (Å²) >= 11 is 6.91. The van der Waals surface area contributed by atoms with Gasteiger partial charge in [-0.05, 0) is 53.6 Å². The molecule has 1 heterocycles. The zero-order valence-corrected chi connectivity index (χ0v) is 17.4. The van der Waals surface area contributed by atoms with E-state index in [1.807, 2.05) is 0 Å². The SMILES string of the molecule is O=C(CCN1C(=O)S/C(=C\c2ccccc2Cl)C1=O)NCCc1ccc(O)c(O)c1. The lowest BCUT2D eigenvalue weighted by atomic mass is 10.1. The van der Waals surface area contributed by atoms with Gasteiger partial charge in [-0.2, -0.15) is 0 Å². The molecule has 0 aliphatic carbocycles. The van der Waals surface area contributed by atoms with Crippen molar-refractivity contribution in [3.8, 4) is 11.5 Å². The molecule has 1 fully saturated rings. The van der Waals surface area contributed by atoms with Crippen LogP contribution in [0.3, 0.4) is 0 Å². The van der Waals surface area contributed by atoms with Gasteiger partial charge >= 0.3 is 0 Å². The summed E-state index contributed by atoms with van der Waals surface area (Å²) in [4.78, 5) is 38.0. The van der Waals surface area contributed by atoms with E-state index in [4.69, 9.17) is 11.6 Å². The van der Waals surface area contributed by atoms with Gasteiger partial charge in [0.2, 0.25) is 5.91 Å². The van der Waals surface area contributed by atoms with Crippen molar-refractivity contribution >= 4 is 46.5 Å². The number of hydrogen-bond donors (Lipinski definition) is 3. The molecule has 0 saturated carbocycles. The van der Waals surface area contributed by atoms with Gasteiger partial charge in [0.05, 0.1) is 4.91 Å². The fourth-order valence-corrected chi connectivity index (χ4v) is 3.84. The van der Waals surface area contributed by atoms with Crippen LogP contribution in [0.2, 0.25) is 5.02 Å². The molecular weight excluding hydrogens is 428 g/mol. The maximum Gasteiger partial charge on any atom is 0.293 e. The van der Waals surface area contributed by atoms with Gasteiger partial charge in [0, 0.05) is 24.5 Å². The number of imide groups is 1. The molecule has 30 heavy (non-hydrogen) atoms. The van der Waals surface area contributed by atoms with Crippen LogP contribution < -0.4 is 5.32 Å². The van der Waals surface area contributed by atoms with E-state index >= 15 is 0 Å². The molecule has 1 saturated heterocycles. The van der Waals surface area contributed by atoms with Crippen molar-refractivity contribution in [1.82, 2.24) is 10.2 Å². The molecular formula is C21H19ClN2O5S. The molecule has 3 N–H and O–H groups in total. The molecule has 0 unspecified atom stereocenters. The molecule has 3 rings (SSSR count). The monoisotopic (exact) mass is 446 g/mol. The minimum atomic E-state index is -0.447. The maximum absolute atomic E-state index is 12.5. The van der Waals surface area contributed by atoms with E-state index in [0.717, 1.165) is 22.2 Å². The summed E-state index contributed by atoms with van der Waals surface area (Å²) in [5.41, 5.74) is 1.39. The van der Waals surface area contributed by atoms with E-state index in [2.05, 4.69) is 5.32 Å². The van der Waals surface area contributed by atoms with Crippen molar-refractivity contribution in [3.05, 3.63) is 63.5 Å². The molecule has 0 radical (unpaired) electrons. The first-order chi connectivity index (χ1) is 14.3. The summed E-state index contributed by atoms with van der Waals surface area (Å²) in [5, 5.41) is 21.5. The number of hydrogen-bond acceptors (Lipinski definition) is 6. The zero-order chi connectivity index (χ0) is 21.7. The number of rotatable bonds is 7. The number of carbonyl (C=O) groups excluding carboxylic acids is 3. The molecule has 156 valence electrons. The van der Waals surface area contributed by atoms with E-state index in [1.165, 1.54) is 12.1 Å². The van der Waals surface area contributed by atoms with E-state index in [1.54, 1.807) is 36.4 Å². The Bertz CT molecular complexity index is 1020. The lowest BCUT2D eigenvalue weighted by Crippen LogP contribution is -2.34. The summed E-state index contributed by atoms with van der Waals surface area (Å²) in [5.74, 6) is -1.17. The fourth-order valence-electron chi connectivity index (χ4n) is 2.80. The first-order valence-corrected chi connectivity index (χ1v) is 10.3. The summed E-state index contributed by atoms with van der Waals surface area (Å²) in [6, 6.07) is 11.4. The Hall–Kier alpha value is -2.97. The van der Waals surface area contributed by atoms with Gasteiger partial charge in [0.25, 0.3) is 11.1 Å². The Morgan fingerprint density at radius 1 is 1.13 bits per heavy atom. The van der Waals surface area contributed by atoms with Gasteiger partial charge in [0.1, 0.15) is 0 Å². The number of aromatic hydroxyl groups is 2. The standard InChI is InChI=1S/C21H19ClN2O5S/c22-15-4-2-1-3-14(15)12-18-20(28)24(21(29)30-18)10-8-19(27)23-9-7-13-5-6-16(25)17(26)11-13/h1-6,11-12,25-26H,7-10H2,(H,23,27)/b18-12-. The Labute approximate surface area is 182 Å². The number of amides is 3. The largest absolute Gasteiger partial charge is 0.504 e. The number of thioether (sulfide) groups is 1. The summed E-state index contributed by atoms with van der Waals surface area (Å²) in [7, 11) is 0. The second-order valence-corrected chi connectivity index (χ2v) is 7.93. The second-order valence-electron chi connectivity index (χ2n) is 6.53. The number of phenols is 2. The van der Waals surface area contributed by atoms with E-state index in [0.29, 0.717) is 23.6 Å². The summed E-state index contributed by atoms with van der Waals surface area (Å²) in [6.07, 6.45) is 2.01. The zero-order valence-electron chi connectivity index (χ0n) is 15.8. The molecule has 3 amide bonds. The highest BCUT2D eigenvalue weighted by atomic mass is 35.5. The Morgan fingerprint density at radius 3 is 2.63 bits per heavy atom. The van der Waals surface area contributed by atoms with Crippen molar-refractivity contribution in [1.29, 1.82) is 0 Å². The van der Waals surface area contributed by atoms with Crippen molar-refractivity contribution in [2.45, 2.75) is 12.8 Å². The Balaban J connectivity index is 1.49. The number of phenolic OH excluding ortho intramolecular Hbond substituents is 2. The third kappa shape index (κ3) is 5.34. The topological polar surface area (TPSA) is 107 Å². The van der Waals surface area contributed by atoms with Crippen LogP contribution in [0.15, 0.2) is 47.4 Å². The van der Waals surface area contributed by atoms with Crippen LogP contribution in [-0.4, -0.2) is 45.3 Å². The molecule has 7 nitrogen and oxygen atoms in total. The number of halogens is 1. The molecule has 2 aromatic carbocycles. The molecule has 0 spiro atoms. The molecule has 0 aromatic heterocycles. The first kappa shape index (κ1) is 21.7.